The van der Waals surface area contributed by atoms with Crippen molar-refractivity contribution in [3.8, 4) is 0 Å². The molecule has 0 atom stereocenters. The Morgan fingerprint density at radius 1 is 1.59 bits per heavy atom. The molecule has 17 heavy (non-hydrogen) atoms. The van der Waals surface area contributed by atoms with Crippen molar-refractivity contribution in [3.05, 3.63) is 17.7 Å². The molecule has 96 valence electrons. The summed E-state index contributed by atoms with van der Waals surface area (Å²) >= 11 is 0. The first-order chi connectivity index (χ1) is 8.19. The number of hydrogen-bond donors (Lipinski definition) is 1. The molecular weight excluding hydrogens is 216 g/mol. The van der Waals surface area contributed by atoms with Crippen LogP contribution in [-0.2, 0) is 4.74 Å². The van der Waals surface area contributed by atoms with E-state index in [1.54, 1.807) is 13.4 Å². The Morgan fingerprint density at radius 3 is 2.94 bits per heavy atom. The summed E-state index contributed by atoms with van der Waals surface area (Å²) < 4.78 is 7.08. The molecule has 0 aliphatic carbocycles. The van der Waals surface area contributed by atoms with Crippen LogP contribution in [0.5, 0.6) is 0 Å². The highest BCUT2D eigenvalue weighted by Crippen LogP contribution is 2.13. The standard InChI is InChI=1S/C12H22N4O/c1-10(2)16-12(14-9-15-16)7-11(8-17-3)5-4-6-13/h7,9-10H,4-6,8,13H2,1-3H3. The van der Waals surface area contributed by atoms with Crippen LogP contribution in [-0.4, -0.2) is 35.0 Å². The quantitative estimate of drug-likeness (QED) is 0.784. The Bertz CT molecular complexity index is 357. The molecule has 0 unspecified atom stereocenters. The van der Waals surface area contributed by atoms with Crippen LogP contribution in [0.2, 0.25) is 0 Å². The first-order valence-electron chi connectivity index (χ1n) is 5.97. The predicted octanol–water partition coefficient (Wildman–Crippen LogP) is 1.63. The Balaban J connectivity index is 2.83. The molecule has 0 fully saturated rings. The topological polar surface area (TPSA) is 66.0 Å². The summed E-state index contributed by atoms with van der Waals surface area (Å²) in [5.41, 5.74) is 6.72. The molecule has 5 nitrogen and oxygen atoms in total. The van der Waals surface area contributed by atoms with E-state index in [2.05, 4.69) is 23.9 Å². The highest BCUT2D eigenvalue weighted by Gasteiger charge is 2.06. The van der Waals surface area contributed by atoms with Crippen molar-refractivity contribution < 1.29 is 4.74 Å². The van der Waals surface area contributed by atoms with E-state index in [1.165, 1.54) is 5.57 Å². The number of hydrogen-bond acceptors (Lipinski definition) is 4. The highest BCUT2D eigenvalue weighted by molar-refractivity contribution is 5.45. The summed E-state index contributed by atoms with van der Waals surface area (Å²) in [6.45, 7) is 5.48. The van der Waals surface area contributed by atoms with Crippen molar-refractivity contribution in [2.45, 2.75) is 32.7 Å². The molecule has 0 aliphatic heterocycles. The normalized spacial score (nSPS) is 12.4. The lowest BCUT2D eigenvalue weighted by atomic mass is 10.1. The molecule has 0 saturated carbocycles. The van der Waals surface area contributed by atoms with E-state index in [1.807, 2.05) is 10.8 Å². The Labute approximate surface area is 103 Å². The van der Waals surface area contributed by atoms with Crippen molar-refractivity contribution in [1.82, 2.24) is 14.8 Å². The molecule has 0 radical (unpaired) electrons. The average Bonchev–Trinajstić information content (AvgIpc) is 2.74. The lowest BCUT2D eigenvalue weighted by Gasteiger charge is -2.09. The SMILES string of the molecule is COCC(=Cc1ncnn1C(C)C)CCCN. The van der Waals surface area contributed by atoms with Crippen LogP contribution in [0.4, 0.5) is 0 Å². The van der Waals surface area contributed by atoms with Crippen LogP contribution in [0.25, 0.3) is 6.08 Å². The van der Waals surface area contributed by atoms with Crippen molar-refractivity contribution in [3.63, 3.8) is 0 Å². The number of nitrogens with zero attached hydrogens (tertiary/aromatic N) is 3. The summed E-state index contributed by atoms with van der Waals surface area (Å²) in [6, 6.07) is 0.307. The third-order valence-electron chi connectivity index (χ3n) is 2.45. The second kappa shape index (κ2) is 7.19. The smallest absolute Gasteiger partial charge is 0.150 e. The van der Waals surface area contributed by atoms with Gasteiger partial charge in [-0.05, 0) is 44.9 Å². The molecule has 5 heteroatoms. The summed E-state index contributed by atoms with van der Waals surface area (Å²) in [6.07, 6.45) is 5.53. The van der Waals surface area contributed by atoms with Gasteiger partial charge in [0.25, 0.3) is 0 Å². The second-order valence-electron chi connectivity index (χ2n) is 4.28. The zero-order valence-corrected chi connectivity index (χ0v) is 10.9. The van der Waals surface area contributed by atoms with Crippen LogP contribution in [0.1, 0.15) is 38.6 Å². The molecular formula is C12H22N4O. The number of methoxy groups -OCH3 is 1. The van der Waals surface area contributed by atoms with Gasteiger partial charge in [0.05, 0.1) is 6.61 Å². The van der Waals surface area contributed by atoms with E-state index in [0.29, 0.717) is 19.2 Å². The first kappa shape index (κ1) is 13.9. The van der Waals surface area contributed by atoms with Gasteiger partial charge in [-0.2, -0.15) is 5.10 Å². The van der Waals surface area contributed by atoms with Gasteiger partial charge in [0.15, 0.2) is 5.82 Å². The van der Waals surface area contributed by atoms with E-state index in [0.717, 1.165) is 18.7 Å². The van der Waals surface area contributed by atoms with Gasteiger partial charge in [-0.25, -0.2) is 9.67 Å². The molecule has 0 amide bonds. The maximum absolute atomic E-state index is 5.52. The second-order valence-corrected chi connectivity index (χ2v) is 4.28. The minimum absolute atomic E-state index is 0.307. The third kappa shape index (κ3) is 4.28. The molecule has 0 aromatic carbocycles. The number of aromatic nitrogens is 3. The first-order valence-corrected chi connectivity index (χ1v) is 5.97. The van der Waals surface area contributed by atoms with Gasteiger partial charge in [-0.3, -0.25) is 0 Å². The molecule has 1 aromatic rings. The van der Waals surface area contributed by atoms with Gasteiger partial charge >= 0.3 is 0 Å². The zero-order chi connectivity index (χ0) is 12.7. The van der Waals surface area contributed by atoms with Crippen molar-refractivity contribution in [1.29, 1.82) is 0 Å². The van der Waals surface area contributed by atoms with E-state index in [4.69, 9.17) is 10.5 Å². The van der Waals surface area contributed by atoms with Gasteiger partial charge < -0.3 is 10.5 Å². The predicted molar refractivity (Wildman–Crippen MR) is 68.5 cm³/mol. The van der Waals surface area contributed by atoms with Crippen molar-refractivity contribution >= 4 is 6.08 Å². The fourth-order valence-electron chi connectivity index (χ4n) is 1.64. The maximum atomic E-state index is 5.52. The lowest BCUT2D eigenvalue weighted by molar-refractivity contribution is 0.223. The van der Waals surface area contributed by atoms with Gasteiger partial charge in [0.2, 0.25) is 0 Å². The average molecular weight is 238 g/mol. The molecule has 2 N–H and O–H groups in total. The van der Waals surface area contributed by atoms with E-state index < -0.39 is 0 Å². The molecule has 0 aliphatic rings. The van der Waals surface area contributed by atoms with E-state index >= 15 is 0 Å². The Morgan fingerprint density at radius 2 is 2.35 bits per heavy atom. The van der Waals surface area contributed by atoms with E-state index in [-0.39, 0.29) is 0 Å². The number of rotatable bonds is 7. The van der Waals surface area contributed by atoms with E-state index in [9.17, 15) is 0 Å². The highest BCUT2D eigenvalue weighted by atomic mass is 16.5. The minimum atomic E-state index is 0.307. The summed E-state index contributed by atoms with van der Waals surface area (Å²) in [5, 5.41) is 4.20. The Kier molecular flexibility index (Phi) is 5.86. The van der Waals surface area contributed by atoms with Gasteiger partial charge in [0, 0.05) is 13.2 Å². The Hall–Kier alpha value is -1.20. The molecule has 0 spiro atoms. The van der Waals surface area contributed by atoms with Crippen molar-refractivity contribution in [2.24, 2.45) is 5.73 Å². The minimum Gasteiger partial charge on any atom is -0.380 e. The van der Waals surface area contributed by atoms with Gasteiger partial charge in [-0.15, -0.1) is 0 Å². The molecule has 1 rings (SSSR count). The van der Waals surface area contributed by atoms with Gasteiger partial charge in [-0.1, -0.05) is 0 Å². The number of ether oxygens (including phenoxy) is 1. The molecule has 0 saturated heterocycles. The van der Waals surface area contributed by atoms with Crippen LogP contribution >= 0.6 is 0 Å². The largest absolute Gasteiger partial charge is 0.380 e. The number of nitrogens with two attached hydrogens (primary N) is 1. The lowest BCUT2D eigenvalue weighted by Crippen LogP contribution is -2.07. The van der Waals surface area contributed by atoms with Crippen LogP contribution in [0.3, 0.4) is 0 Å². The zero-order valence-electron chi connectivity index (χ0n) is 10.9. The van der Waals surface area contributed by atoms with Gasteiger partial charge in [0.1, 0.15) is 6.33 Å². The summed E-state index contributed by atoms with van der Waals surface area (Å²) in [4.78, 5) is 4.26. The van der Waals surface area contributed by atoms with Crippen LogP contribution < -0.4 is 5.73 Å². The van der Waals surface area contributed by atoms with Crippen molar-refractivity contribution in [2.75, 3.05) is 20.3 Å². The fourth-order valence-corrected chi connectivity index (χ4v) is 1.64. The third-order valence-corrected chi connectivity index (χ3v) is 2.45. The van der Waals surface area contributed by atoms with Crippen LogP contribution in [0.15, 0.2) is 11.9 Å². The maximum Gasteiger partial charge on any atom is 0.150 e. The van der Waals surface area contributed by atoms with Crippen LogP contribution in [0, 0.1) is 0 Å². The molecule has 0 bridgehead atoms. The molecule has 1 heterocycles. The fraction of sp³-hybridized carbons (Fsp3) is 0.667. The summed E-state index contributed by atoms with van der Waals surface area (Å²) in [5.74, 6) is 0.879. The monoisotopic (exact) mass is 238 g/mol. The molecule has 1 aromatic heterocycles. The summed E-state index contributed by atoms with van der Waals surface area (Å²) in [7, 11) is 1.70.